The van der Waals surface area contributed by atoms with E-state index in [9.17, 15) is 14.7 Å². The van der Waals surface area contributed by atoms with Crippen LogP contribution in [0.15, 0.2) is 63.4 Å². The monoisotopic (exact) mass is 487 g/mol. The third-order valence-corrected chi connectivity index (χ3v) is 5.38. The minimum absolute atomic E-state index is 0.0580. The number of thioether (sulfide) groups is 1. The summed E-state index contributed by atoms with van der Waals surface area (Å²) in [6.45, 7) is 3.96. The molecule has 0 unspecified atom stereocenters. The standard InChI is InChI=1S/C21H17BrN2O5S/c1-3-8-29-18-15(22)9-12(10-16(18)28-2)11-17-19(25)24-21(30-17)23-14-6-4-13(5-7-14)20(26)27/h3-7,9-11H,1,8H2,2H3,(H,26,27)(H,23,24,25)/p-1/b17-11+. The molecule has 0 spiro atoms. The van der Waals surface area contributed by atoms with Crippen molar-refractivity contribution in [1.82, 2.24) is 5.32 Å². The smallest absolute Gasteiger partial charge is 0.264 e. The van der Waals surface area contributed by atoms with Gasteiger partial charge in [-0.1, -0.05) is 24.8 Å². The number of carbonyl (C=O) groups excluding carboxylic acids is 2. The Kier molecular flexibility index (Phi) is 6.96. The Morgan fingerprint density at radius 3 is 2.70 bits per heavy atom. The van der Waals surface area contributed by atoms with Crippen LogP contribution < -0.4 is 19.9 Å². The first-order chi connectivity index (χ1) is 14.4. The number of rotatable bonds is 7. The van der Waals surface area contributed by atoms with Gasteiger partial charge in [-0.3, -0.25) is 4.79 Å². The van der Waals surface area contributed by atoms with Crippen LogP contribution in [0.5, 0.6) is 11.5 Å². The molecule has 1 fully saturated rings. The largest absolute Gasteiger partial charge is 0.545 e. The van der Waals surface area contributed by atoms with Gasteiger partial charge >= 0.3 is 0 Å². The highest BCUT2D eigenvalue weighted by molar-refractivity contribution is 9.10. The molecule has 3 rings (SSSR count). The van der Waals surface area contributed by atoms with Gasteiger partial charge in [0.2, 0.25) is 0 Å². The number of amidine groups is 1. The van der Waals surface area contributed by atoms with Crippen LogP contribution in [-0.4, -0.2) is 30.8 Å². The number of methoxy groups -OCH3 is 1. The fourth-order valence-electron chi connectivity index (χ4n) is 2.53. The number of ether oxygens (including phenoxy) is 2. The highest BCUT2D eigenvalue weighted by Gasteiger charge is 2.24. The molecule has 1 aliphatic heterocycles. The molecule has 1 aliphatic rings. The number of amides is 1. The molecule has 1 heterocycles. The molecular formula is C21H16BrN2O5S-. The molecule has 1 saturated heterocycles. The molecule has 0 aliphatic carbocycles. The molecular weight excluding hydrogens is 472 g/mol. The summed E-state index contributed by atoms with van der Waals surface area (Å²) in [4.78, 5) is 27.9. The lowest BCUT2D eigenvalue weighted by Gasteiger charge is -2.12. The van der Waals surface area contributed by atoms with E-state index in [1.165, 1.54) is 43.1 Å². The number of carbonyl (C=O) groups is 2. The van der Waals surface area contributed by atoms with Crippen molar-refractivity contribution in [3.63, 3.8) is 0 Å². The average Bonchev–Trinajstić information content (AvgIpc) is 3.05. The summed E-state index contributed by atoms with van der Waals surface area (Å²) >= 11 is 4.64. The highest BCUT2D eigenvalue weighted by atomic mass is 79.9. The predicted octanol–water partition coefficient (Wildman–Crippen LogP) is 3.28. The van der Waals surface area contributed by atoms with Gasteiger partial charge in [-0.2, -0.15) is 0 Å². The summed E-state index contributed by atoms with van der Waals surface area (Å²) in [5, 5.41) is 13.9. The van der Waals surface area contributed by atoms with Crippen molar-refractivity contribution in [2.45, 2.75) is 0 Å². The second-order valence-electron chi connectivity index (χ2n) is 5.95. The van der Waals surface area contributed by atoms with Crippen molar-refractivity contribution >= 4 is 56.5 Å². The van der Waals surface area contributed by atoms with E-state index in [1.54, 1.807) is 18.2 Å². The Bertz CT molecular complexity index is 1060. The van der Waals surface area contributed by atoms with Gasteiger partial charge in [0.25, 0.3) is 5.91 Å². The molecule has 7 nitrogen and oxygen atoms in total. The summed E-state index contributed by atoms with van der Waals surface area (Å²) in [7, 11) is 1.53. The first kappa shape index (κ1) is 21.7. The van der Waals surface area contributed by atoms with Crippen molar-refractivity contribution in [3.8, 4) is 11.5 Å². The molecule has 0 saturated carbocycles. The molecule has 30 heavy (non-hydrogen) atoms. The zero-order valence-corrected chi connectivity index (χ0v) is 18.2. The van der Waals surface area contributed by atoms with Crippen molar-refractivity contribution in [2.75, 3.05) is 13.7 Å². The van der Waals surface area contributed by atoms with Crippen LogP contribution in [0, 0.1) is 0 Å². The number of nitrogens with one attached hydrogen (secondary N) is 1. The lowest BCUT2D eigenvalue weighted by molar-refractivity contribution is -0.255. The Morgan fingerprint density at radius 1 is 1.33 bits per heavy atom. The maximum atomic E-state index is 12.3. The molecule has 1 amide bonds. The molecule has 2 aromatic rings. The normalized spacial score (nSPS) is 15.9. The van der Waals surface area contributed by atoms with Gasteiger partial charge in [-0.05, 0) is 69.2 Å². The van der Waals surface area contributed by atoms with E-state index < -0.39 is 5.97 Å². The number of aliphatic imine (C=N–C) groups is 1. The Morgan fingerprint density at radius 2 is 2.07 bits per heavy atom. The second kappa shape index (κ2) is 9.64. The summed E-state index contributed by atoms with van der Waals surface area (Å²) in [5.41, 5.74) is 1.31. The number of carboxylic acid groups (broad SMARTS) is 1. The van der Waals surface area contributed by atoms with E-state index in [0.717, 1.165) is 5.56 Å². The van der Waals surface area contributed by atoms with E-state index in [0.29, 0.717) is 38.3 Å². The fraction of sp³-hybridized carbons (Fsp3) is 0.0952. The summed E-state index contributed by atoms with van der Waals surface area (Å²) in [6, 6.07) is 9.44. The molecule has 0 bridgehead atoms. The molecule has 0 radical (unpaired) electrons. The maximum absolute atomic E-state index is 12.3. The quantitative estimate of drug-likeness (QED) is 0.475. The second-order valence-corrected chi connectivity index (χ2v) is 7.83. The van der Waals surface area contributed by atoms with Gasteiger partial charge < -0.3 is 24.7 Å². The number of hydrogen-bond acceptors (Lipinski definition) is 7. The zero-order valence-electron chi connectivity index (χ0n) is 15.8. The summed E-state index contributed by atoms with van der Waals surface area (Å²) < 4.78 is 11.7. The average molecular weight is 488 g/mol. The molecule has 1 N–H and O–H groups in total. The highest BCUT2D eigenvalue weighted by Crippen LogP contribution is 2.38. The van der Waals surface area contributed by atoms with Crippen LogP contribution in [0.4, 0.5) is 5.69 Å². The van der Waals surface area contributed by atoms with Crippen LogP contribution in [0.25, 0.3) is 6.08 Å². The Labute approximate surface area is 185 Å². The van der Waals surface area contributed by atoms with E-state index in [4.69, 9.17) is 9.47 Å². The third kappa shape index (κ3) is 5.11. The van der Waals surface area contributed by atoms with E-state index in [2.05, 4.69) is 32.8 Å². The molecule has 154 valence electrons. The zero-order chi connectivity index (χ0) is 21.7. The van der Waals surface area contributed by atoms with Crippen molar-refractivity contribution in [3.05, 3.63) is 69.6 Å². The number of aromatic carboxylic acids is 1. The van der Waals surface area contributed by atoms with Gasteiger partial charge in [-0.25, -0.2) is 4.99 Å². The number of halogens is 1. The topological polar surface area (TPSA) is 100 Å². The Balaban J connectivity index is 1.83. The van der Waals surface area contributed by atoms with Gasteiger partial charge in [-0.15, -0.1) is 0 Å². The molecule has 0 atom stereocenters. The lowest BCUT2D eigenvalue weighted by Crippen LogP contribution is -2.21. The van der Waals surface area contributed by atoms with Gasteiger partial charge in [0.05, 0.1) is 28.1 Å². The first-order valence-electron chi connectivity index (χ1n) is 8.63. The minimum Gasteiger partial charge on any atom is -0.545 e. The van der Waals surface area contributed by atoms with E-state index in [1.807, 2.05) is 6.07 Å². The van der Waals surface area contributed by atoms with Gasteiger partial charge in [0.1, 0.15) is 6.61 Å². The van der Waals surface area contributed by atoms with Crippen molar-refractivity contribution in [2.24, 2.45) is 4.99 Å². The van der Waals surface area contributed by atoms with Crippen LogP contribution in [-0.2, 0) is 4.79 Å². The molecule has 2 aromatic carbocycles. The van der Waals surface area contributed by atoms with Crippen LogP contribution in [0.2, 0.25) is 0 Å². The summed E-state index contributed by atoms with van der Waals surface area (Å²) in [5.74, 6) is -0.480. The fourth-order valence-corrected chi connectivity index (χ4v) is 3.94. The van der Waals surface area contributed by atoms with Crippen molar-refractivity contribution < 1.29 is 24.2 Å². The number of hydrogen-bond donors (Lipinski definition) is 1. The number of benzene rings is 2. The molecule has 0 aromatic heterocycles. The van der Waals surface area contributed by atoms with Gasteiger partial charge in [0.15, 0.2) is 16.7 Å². The van der Waals surface area contributed by atoms with Gasteiger partial charge in [0, 0.05) is 0 Å². The number of carboxylic acids is 1. The first-order valence-corrected chi connectivity index (χ1v) is 10.2. The van der Waals surface area contributed by atoms with Crippen LogP contribution in [0.3, 0.4) is 0 Å². The predicted molar refractivity (Wildman–Crippen MR) is 118 cm³/mol. The van der Waals surface area contributed by atoms with Crippen molar-refractivity contribution in [1.29, 1.82) is 0 Å². The minimum atomic E-state index is -1.26. The molecule has 9 heteroatoms. The maximum Gasteiger partial charge on any atom is 0.264 e. The van der Waals surface area contributed by atoms with E-state index >= 15 is 0 Å². The van der Waals surface area contributed by atoms with Crippen LogP contribution >= 0.6 is 27.7 Å². The SMILES string of the molecule is C=CCOc1c(Br)cc(/C=C2/SC(=Nc3ccc(C(=O)[O-])cc3)NC2=O)cc1OC. The number of nitrogens with zero attached hydrogens (tertiary/aromatic N) is 1. The Hall–Kier alpha value is -3.04. The summed E-state index contributed by atoms with van der Waals surface area (Å²) in [6.07, 6.45) is 3.35. The lowest BCUT2D eigenvalue weighted by atomic mass is 10.2. The van der Waals surface area contributed by atoms with Crippen LogP contribution in [0.1, 0.15) is 15.9 Å². The third-order valence-electron chi connectivity index (χ3n) is 3.88. The van der Waals surface area contributed by atoms with E-state index in [-0.39, 0.29) is 11.5 Å².